The van der Waals surface area contributed by atoms with Gasteiger partial charge in [-0.25, -0.2) is 4.98 Å². The number of H-pyrrole nitrogens is 1. The molecule has 102 valence electrons. The molecule has 0 fully saturated rings. The average Bonchev–Trinajstić information content (AvgIpc) is 2.85. The van der Waals surface area contributed by atoms with Crippen LogP contribution in [0.1, 0.15) is 5.56 Å². The monoisotopic (exact) mass is 275 g/mol. The van der Waals surface area contributed by atoms with Gasteiger partial charge in [0, 0.05) is 11.8 Å². The molecule has 0 unspecified atom stereocenters. The summed E-state index contributed by atoms with van der Waals surface area (Å²) < 4.78 is 1.66. The van der Waals surface area contributed by atoms with Crippen LogP contribution in [-0.4, -0.2) is 14.5 Å². The third-order valence-corrected chi connectivity index (χ3v) is 3.65. The lowest BCUT2D eigenvalue weighted by Crippen LogP contribution is -2.14. The molecule has 0 atom stereocenters. The van der Waals surface area contributed by atoms with Gasteiger partial charge in [-0.2, -0.15) is 0 Å². The highest BCUT2D eigenvalue weighted by molar-refractivity contribution is 5.78. The Morgan fingerprint density at radius 1 is 1.10 bits per heavy atom. The van der Waals surface area contributed by atoms with Gasteiger partial charge >= 0.3 is 0 Å². The first kappa shape index (κ1) is 11.9. The molecule has 1 N–H and O–H groups in total. The lowest BCUT2D eigenvalue weighted by atomic mass is 10.1. The lowest BCUT2D eigenvalue weighted by Gasteiger charge is -2.05. The van der Waals surface area contributed by atoms with E-state index in [2.05, 4.69) is 9.97 Å². The van der Waals surface area contributed by atoms with Gasteiger partial charge in [0.25, 0.3) is 5.56 Å². The summed E-state index contributed by atoms with van der Waals surface area (Å²) in [6.07, 6.45) is 1.77. The van der Waals surface area contributed by atoms with Crippen LogP contribution in [0.15, 0.2) is 59.5 Å². The molecule has 0 saturated heterocycles. The second-order valence-electron chi connectivity index (χ2n) is 5.13. The zero-order valence-electron chi connectivity index (χ0n) is 11.5. The first-order chi connectivity index (χ1) is 10.2. The highest BCUT2D eigenvalue weighted by Gasteiger charge is 2.17. The van der Waals surface area contributed by atoms with Crippen molar-refractivity contribution in [1.82, 2.24) is 14.5 Å². The molecule has 2 heterocycles. The third kappa shape index (κ3) is 1.76. The van der Waals surface area contributed by atoms with Crippen LogP contribution in [0.2, 0.25) is 0 Å². The molecule has 2 aromatic rings. The van der Waals surface area contributed by atoms with Crippen molar-refractivity contribution in [3.63, 3.8) is 0 Å². The maximum absolute atomic E-state index is 12.7. The number of para-hydroxylation sites is 2. The highest BCUT2D eigenvalue weighted by Crippen LogP contribution is 2.21. The Morgan fingerprint density at radius 2 is 1.95 bits per heavy atom. The summed E-state index contributed by atoms with van der Waals surface area (Å²) in [5.74, 6) is 0.634. The molecule has 2 aromatic carbocycles. The van der Waals surface area contributed by atoms with Gasteiger partial charge in [-0.1, -0.05) is 35.9 Å². The van der Waals surface area contributed by atoms with Gasteiger partial charge in [-0.3, -0.25) is 9.36 Å². The van der Waals surface area contributed by atoms with E-state index >= 15 is 0 Å². The molecule has 4 nitrogen and oxygen atoms in total. The summed E-state index contributed by atoms with van der Waals surface area (Å²) in [5, 5.41) is 0. The summed E-state index contributed by atoms with van der Waals surface area (Å²) in [6.45, 7) is 2.01. The maximum Gasteiger partial charge on any atom is 0.283 e. The largest absolute Gasteiger partial charge is 0.357 e. The van der Waals surface area contributed by atoms with E-state index in [-0.39, 0.29) is 5.56 Å². The first-order valence-corrected chi connectivity index (χ1v) is 6.80. The number of hydrogen-bond donors (Lipinski definition) is 1. The van der Waals surface area contributed by atoms with Crippen LogP contribution in [0.4, 0.5) is 0 Å². The van der Waals surface area contributed by atoms with Crippen LogP contribution in [-0.2, 0) is 0 Å². The Morgan fingerprint density at radius 3 is 2.81 bits per heavy atom. The Balaban J connectivity index is 2.09. The van der Waals surface area contributed by atoms with E-state index < -0.39 is 0 Å². The molecule has 0 amide bonds. The molecule has 0 bridgehead atoms. The predicted octanol–water partition coefficient (Wildman–Crippen LogP) is 3.13. The number of benzene rings is 2. The van der Waals surface area contributed by atoms with E-state index in [0.29, 0.717) is 11.5 Å². The number of aryl methyl sites for hydroxylation is 1. The minimum Gasteiger partial charge on any atom is -0.357 e. The summed E-state index contributed by atoms with van der Waals surface area (Å²) in [7, 11) is 0. The molecule has 0 spiro atoms. The first-order valence-electron chi connectivity index (χ1n) is 6.80. The second kappa shape index (κ2) is 4.31. The Kier molecular flexibility index (Phi) is 2.44. The van der Waals surface area contributed by atoms with Crippen LogP contribution in [0.25, 0.3) is 28.1 Å². The van der Waals surface area contributed by atoms with Crippen LogP contribution >= 0.6 is 0 Å². The molecule has 2 aliphatic rings. The van der Waals surface area contributed by atoms with E-state index in [1.807, 2.05) is 55.5 Å². The van der Waals surface area contributed by atoms with Gasteiger partial charge in [0.1, 0.15) is 5.69 Å². The minimum absolute atomic E-state index is 0.0826. The number of fused-ring (bicyclic) bond motifs is 3. The van der Waals surface area contributed by atoms with Crippen molar-refractivity contribution in [3.8, 4) is 17.1 Å². The molecule has 4 heteroatoms. The fourth-order valence-corrected chi connectivity index (χ4v) is 2.67. The van der Waals surface area contributed by atoms with E-state index in [1.165, 1.54) is 0 Å². The van der Waals surface area contributed by atoms with Crippen molar-refractivity contribution in [2.75, 3.05) is 0 Å². The highest BCUT2D eigenvalue weighted by atomic mass is 16.1. The van der Waals surface area contributed by atoms with Gasteiger partial charge in [0.2, 0.25) is 0 Å². The standard InChI is InChI=1S/C17H13N3O/c1-11-5-4-6-12(9-11)16-17(21)20-14-8-3-2-7-13(14)18-10-15(20)19-16/h2-10,18H,1H3. The number of imidazole rings is 1. The summed E-state index contributed by atoms with van der Waals surface area (Å²) in [4.78, 5) is 20.4. The van der Waals surface area contributed by atoms with E-state index in [1.54, 1.807) is 10.8 Å². The van der Waals surface area contributed by atoms with Crippen molar-refractivity contribution in [2.45, 2.75) is 6.92 Å². The fourth-order valence-electron chi connectivity index (χ4n) is 2.67. The molecular weight excluding hydrogens is 262 g/mol. The normalized spacial score (nSPS) is 11.3. The van der Waals surface area contributed by atoms with Crippen molar-refractivity contribution in [1.29, 1.82) is 0 Å². The van der Waals surface area contributed by atoms with E-state index in [0.717, 1.165) is 22.2 Å². The molecule has 2 aliphatic heterocycles. The van der Waals surface area contributed by atoms with Gasteiger partial charge in [-0.15, -0.1) is 0 Å². The average molecular weight is 275 g/mol. The van der Waals surface area contributed by atoms with Crippen LogP contribution < -0.4 is 5.56 Å². The van der Waals surface area contributed by atoms with Crippen molar-refractivity contribution < 1.29 is 0 Å². The summed E-state index contributed by atoms with van der Waals surface area (Å²) in [5.41, 5.74) is 4.12. The van der Waals surface area contributed by atoms with E-state index in [9.17, 15) is 4.79 Å². The maximum atomic E-state index is 12.7. The van der Waals surface area contributed by atoms with Crippen LogP contribution in [0, 0.1) is 6.92 Å². The molecule has 21 heavy (non-hydrogen) atoms. The fraction of sp³-hybridized carbons (Fsp3) is 0.0588. The number of aromatic nitrogens is 3. The predicted molar refractivity (Wildman–Crippen MR) is 83.0 cm³/mol. The van der Waals surface area contributed by atoms with Gasteiger partial charge in [-0.05, 0) is 25.1 Å². The minimum atomic E-state index is -0.0826. The molecular formula is C17H13N3O. The van der Waals surface area contributed by atoms with Crippen molar-refractivity contribution >= 4 is 11.0 Å². The summed E-state index contributed by atoms with van der Waals surface area (Å²) >= 11 is 0. The SMILES string of the molecule is Cc1cccc(-c2nc3c[nH]c4ccccc4n-3c2=O)c1. The number of nitrogens with one attached hydrogen (secondary N) is 1. The van der Waals surface area contributed by atoms with Crippen molar-refractivity contribution in [2.24, 2.45) is 0 Å². The van der Waals surface area contributed by atoms with Gasteiger partial charge in [0.15, 0.2) is 5.82 Å². The Bertz CT molecular complexity index is 981. The zero-order chi connectivity index (χ0) is 14.4. The van der Waals surface area contributed by atoms with Crippen molar-refractivity contribution in [3.05, 3.63) is 70.6 Å². The Labute approximate surface area is 121 Å². The summed E-state index contributed by atoms with van der Waals surface area (Å²) in [6, 6.07) is 15.6. The number of aromatic amines is 1. The Hall–Kier alpha value is -2.88. The molecule has 0 aromatic heterocycles. The lowest BCUT2D eigenvalue weighted by molar-refractivity contribution is 1.03. The molecule has 0 saturated carbocycles. The van der Waals surface area contributed by atoms with Gasteiger partial charge < -0.3 is 4.98 Å². The smallest absolute Gasteiger partial charge is 0.283 e. The molecule has 4 rings (SSSR count). The van der Waals surface area contributed by atoms with Crippen LogP contribution in [0.5, 0.6) is 0 Å². The van der Waals surface area contributed by atoms with Gasteiger partial charge in [0.05, 0.1) is 11.0 Å². The third-order valence-electron chi connectivity index (χ3n) is 3.65. The number of rotatable bonds is 1. The van der Waals surface area contributed by atoms with E-state index in [4.69, 9.17) is 0 Å². The molecule has 0 aliphatic carbocycles. The molecule has 0 radical (unpaired) electrons. The number of hydrogen-bond acceptors (Lipinski definition) is 2. The quantitative estimate of drug-likeness (QED) is 0.580. The topological polar surface area (TPSA) is 50.7 Å². The number of nitrogens with zero attached hydrogens (tertiary/aromatic N) is 2. The zero-order valence-corrected chi connectivity index (χ0v) is 11.5. The second-order valence-corrected chi connectivity index (χ2v) is 5.13. The van der Waals surface area contributed by atoms with Crippen LogP contribution in [0.3, 0.4) is 0 Å².